The molecule has 0 radical (unpaired) electrons. The maximum atomic E-state index is 6.20. The van der Waals surface area contributed by atoms with Crippen molar-refractivity contribution in [3.8, 4) is 5.75 Å². The minimum absolute atomic E-state index is 0. The fourth-order valence-corrected chi connectivity index (χ4v) is 3.09. The van der Waals surface area contributed by atoms with Crippen molar-refractivity contribution in [1.82, 2.24) is 0 Å². The van der Waals surface area contributed by atoms with Crippen molar-refractivity contribution < 1.29 is 27.5 Å². The average molecular weight is 414 g/mol. The highest BCUT2D eigenvalue weighted by Crippen LogP contribution is 2.21. The van der Waals surface area contributed by atoms with E-state index in [-0.39, 0.29) is 28.6 Å². The summed E-state index contributed by atoms with van der Waals surface area (Å²) in [4.78, 5) is 0. The summed E-state index contributed by atoms with van der Waals surface area (Å²) in [6.07, 6.45) is 15.0. The molecule has 0 aliphatic heterocycles. The van der Waals surface area contributed by atoms with E-state index in [1.165, 1.54) is 64.2 Å². The molecule has 1 rings (SSSR count). The van der Waals surface area contributed by atoms with Crippen molar-refractivity contribution >= 4 is 0 Å². The van der Waals surface area contributed by atoms with Gasteiger partial charge in [-0.1, -0.05) is 82.9 Å². The Bertz CT molecular complexity index is 402. The van der Waals surface area contributed by atoms with E-state index < -0.39 is 0 Å². The Kier molecular flexibility index (Phi) is 14.3. The van der Waals surface area contributed by atoms with Crippen LogP contribution in [0.2, 0.25) is 0 Å². The zero-order chi connectivity index (χ0) is 17.7. The van der Waals surface area contributed by atoms with Crippen LogP contribution >= 0.6 is 0 Å². The van der Waals surface area contributed by atoms with Crippen LogP contribution in [-0.4, -0.2) is 11.6 Å². The Morgan fingerprint density at radius 1 is 0.840 bits per heavy atom. The summed E-state index contributed by atoms with van der Waals surface area (Å²) in [6.45, 7) is 6.63. The molecule has 0 aromatic heterocycles. The third kappa shape index (κ3) is 12.4. The van der Waals surface area contributed by atoms with E-state index in [0.29, 0.717) is 0 Å². The first kappa shape index (κ1) is 24.5. The second-order valence-corrected chi connectivity index (χ2v) is 7.88. The summed E-state index contributed by atoms with van der Waals surface area (Å²) in [5.74, 6) is 0.964. The van der Waals surface area contributed by atoms with Crippen LogP contribution in [0.25, 0.3) is 0 Å². The highest BCUT2D eigenvalue weighted by molar-refractivity contribution is 5.21. The van der Waals surface area contributed by atoms with Gasteiger partial charge in [0.05, 0.1) is 0 Å². The minimum Gasteiger partial charge on any atom is -1.00 e. The van der Waals surface area contributed by atoms with Crippen molar-refractivity contribution in [3.05, 3.63) is 30.3 Å². The standard InChI is InChI=1S/C22H39NO.BrH/c1-4-5-6-7-8-9-10-11-12-16-19-21(22(2,3)23)24-20-17-14-13-15-18-20;/h13-15,17-18,21H,4-12,16,19,23H2,1-3H3;1H. The Hall–Kier alpha value is -0.540. The average Bonchev–Trinajstić information content (AvgIpc) is 2.55. The normalized spacial score (nSPS) is 12.5. The maximum Gasteiger partial charge on any atom is 0.152 e. The van der Waals surface area contributed by atoms with Gasteiger partial charge in [0.15, 0.2) is 6.10 Å². The third-order valence-electron chi connectivity index (χ3n) is 4.71. The van der Waals surface area contributed by atoms with E-state index in [2.05, 4.69) is 26.5 Å². The van der Waals surface area contributed by atoms with Gasteiger partial charge in [0, 0.05) is 0 Å². The smallest absolute Gasteiger partial charge is 0.152 e. The molecule has 2 nitrogen and oxygen atoms in total. The van der Waals surface area contributed by atoms with Gasteiger partial charge in [-0.25, -0.2) is 0 Å². The van der Waals surface area contributed by atoms with Crippen LogP contribution < -0.4 is 27.5 Å². The van der Waals surface area contributed by atoms with Gasteiger partial charge in [-0.3, -0.25) is 0 Å². The molecule has 146 valence electrons. The lowest BCUT2D eigenvalue weighted by molar-refractivity contribution is -0.482. The quantitative estimate of drug-likeness (QED) is 0.467. The molecule has 1 unspecified atom stereocenters. The zero-order valence-electron chi connectivity index (χ0n) is 16.7. The number of halogens is 1. The van der Waals surface area contributed by atoms with E-state index >= 15 is 0 Å². The molecular weight excluding hydrogens is 374 g/mol. The molecule has 1 atom stereocenters. The number of quaternary nitrogens is 1. The van der Waals surface area contributed by atoms with Crippen molar-refractivity contribution in [2.75, 3.05) is 0 Å². The molecule has 0 saturated carbocycles. The van der Waals surface area contributed by atoms with E-state index in [9.17, 15) is 0 Å². The summed E-state index contributed by atoms with van der Waals surface area (Å²) in [6, 6.07) is 10.2. The maximum absolute atomic E-state index is 6.20. The molecule has 1 aromatic carbocycles. The van der Waals surface area contributed by atoms with Gasteiger partial charge in [-0.2, -0.15) is 0 Å². The Morgan fingerprint density at radius 2 is 1.32 bits per heavy atom. The zero-order valence-corrected chi connectivity index (χ0v) is 18.3. The van der Waals surface area contributed by atoms with Gasteiger partial charge in [0.2, 0.25) is 0 Å². The monoisotopic (exact) mass is 413 g/mol. The Balaban J connectivity index is 0.00000576. The van der Waals surface area contributed by atoms with Crippen LogP contribution in [0.5, 0.6) is 5.75 Å². The van der Waals surface area contributed by atoms with Crippen LogP contribution in [0.3, 0.4) is 0 Å². The molecule has 0 saturated heterocycles. The first-order valence-electron chi connectivity index (χ1n) is 10.1. The number of hydrogen-bond donors (Lipinski definition) is 1. The first-order chi connectivity index (χ1) is 11.5. The molecule has 0 aliphatic rings. The number of ether oxygens (including phenoxy) is 1. The molecule has 0 heterocycles. The Morgan fingerprint density at radius 3 is 1.80 bits per heavy atom. The number of para-hydroxylation sites is 1. The number of benzene rings is 1. The minimum atomic E-state index is -0.0604. The second-order valence-electron chi connectivity index (χ2n) is 7.88. The molecule has 1 aromatic rings. The van der Waals surface area contributed by atoms with Gasteiger partial charge in [-0.15, -0.1) is 0 Å². The van der Waals surface area contributed by atoms with Crippen molar-refractivity contribution in [3.63, 3.8) is 0 Å². The fourth-order valence-electron chi connectivity index (χ4n) is 3.09. The van der Waals surface area contributed by atoms with E-state index in [4.69, 9.17) is 4.74 Å². The fraction of sp³-hybridized carbons (Fsp3) is 0.727. The van der Waals surface area contributed by atoms with E-state index in [1.807, 2.05) is 30.3 Å². The van der Waals surface area contributed by atoms with Gasteiger partial charge in [0.1, 0.15) is 11.3 Å². The molecule has 25 heavy (non-hydrogen) atoms. The number of hydrogen-bond acceptors (Lipinski definition) is 1. The van der Waals surface area contributed by atoms with Crippen LogP contribution in [0.15, 0.2) is 30.3 Å². The summed E-state index contributed by atoms with van der Waals surface area (Å²) in [5, 5.41) is 0. The number of rotatable bonds is 14. The van der Waals surface area contributed by atoms with Crippen molar-refractivity contribution in [2.24, 2.45) is 0 Å². The summed E-state index contributed by atoms with van der Waals surface area (Å²) >= 11 is 0. The van der Waals surface area contributed by atoms with Crippen molar-refractivity contribution in [1.29, 1.82) is 0 Å². The summed E-state index contributed by atoms with van der Waals surface area (Å²) in [5.41, 5.74) is 4.25. The summed E-state index contributed by atoms with van der Waals surface area (Å²) < 4.78 is 6.20. The number of unbranched alkanes of at least 4 members (excludes halogenated alkanes) is 9. The lowest BCUT2D eigenvalue weighted by Gasteiger charge is -2.28. The van der Waals surface area contributed by atoms with Crippen LogP contribution in [-0.2, 0) is 0 Å². The van der Waals surface area contributed by atoms with E-state index in [1.54, 1.807) is 0 Å². The molecule has 0 spiro atoms. The lowest BCUT2D eigenvalue weighted by Crippen LogP contribution is -3.00. The third-order valence-corrected chi connectivity index (χ3v) is 4.71. The van der Waals surface area contributed by atoms with E-state index in [0.717, 1.165) is 12.2 Å². The van der Waals surface area contributed by atoms with Gasteiger partial charge in [0.25, 0.3) is 0 Å². The SMILES string of the molecule is CCCCCCCCCCCCC(Oc1ccccc1)C(C)(C)[NH3+].[Br-]. The van der Waals surface area contributed by atoms with Crippen molar-refractivity contribution in [2.45, 2.75) is 103 Å². The summed E-state index contributed by atoms with van der Waals surface area (Å²) in [7, 11) is 0. The largest absolute Gasteiger partial charge is 1.00 e. The predicted molar refractivity (Wildman–Crippen MR) is 104 cm³/mol. The van der Waals surface area contributed by atoms with Crippen LogP contribution in [0.4, 0.5) is 0 Å². The molecule has 3 heteroatoms. The van der Waals surface area contributed by atoms with Gasteiger partial charge in [-0.05, 0) is 38.8 Å². The molecule has 0 fully saturated rings. The Labute approximate surface area is 166 Å². The topological polar surface area (TPSA) is 36.9 Å². The van der Waals surface area contributed by atoms with Crippen LogP contribution in [0, 0.1) is 0 Å². The van der Waals surface area contributed by atoms with Crippen LogP contribution in [0.1, 0.15) is 91.4 Å². The predicted octanol–water partition coefficient (Wildman–Crippen LogP) is 2.77. The molecular formula is C22H40BrNO. The van der Waals surface area contributed by atoms with Gasteiger partial charge < -0.3 is 27.5 Å². The molecule has 0 bridgehead atoms. The molecule has 0 amide bonds. The second kappa shape index (κ2) is 14.6. The lowest BCUT2D eigenvalue weighted by atomic mass is 9.93. The van der Waals surface area contributed by atoms with Gasteiger partial charge >= 0.3 is 0 Å². The molecule has 3 N–H and O–H groups in total. The highest BCUT2D eigenvalue weighted by Gasteiger charge is 2.30. The first-order valence-corrected chi connectivity index (χ1v) is 10.1. The molecule has 0 aliphatic carbocycles. The highest BCUT2D eigenvalue weighted by atomic mass is 79.9.